The molecule has 10 heteroatoms. The number of hydrogen-bond acceptors (Lipinski definition) is 4. The van der Waals surface area contributed by atoms with Gasteiger partial charge in [-0.15, -0.1) is 0 Å². The van der Waals surface area contributed by atoms with Crippen molar-refractivity contribution in [3.05, 3.63) is 0 Å². The number of carboxylic acids is 1. The molecule has 1 fully saturated rings. The third kappa shape index (κ3) is 7.13. The van der Waals surface area contributed by atoms with Gasteiger partial charge in [-0.1, -0.05) is 13.8 Å². The van der Waals surface area contributed by atoms with Crippen molar-refractivity contribution in [3.8, 4) is 0 Å². The van der Waals surface area contributed by atoms with Crippen LogP contribution in [0.3, 0.4) is 0 Å². The lowest BCUT2D eigenvalue weighted by molar-refractivity contribution is -0.143. The molecule has 1 unspecified atom stereocenters. The number of nitrogens with one attached hydrogen (secondary N) is 2. The van der Waals surface area contributed by atoms with Crippen LogP contribution in [0.1, 0.15) is 40.0 Å². The maximum Gasteiger partial charge on any atom is 0.325 e. The maximum atomic E-state index is 12.3. The number of carbonyl (C=O) groups is 3. The molecule has 0 aromatic heterocycles. The molecule has 4 N–H and O–H groups in total. The predicted molar refractivity (Wildman–Crippen MR) is 92.1 cm³/mol. The molecule has 9 nitrogen and oxygen atoms in total. The summed E-state index contributed by atoms with van der Waals surface area (Å²) >= 11 is 0. The number of likely N-dealkylation sites (tertiary alicyclic amines) is 1. The molecule has 0 spiro atoms. The molecular weight excluding hydrogens is 349 g/mol. The SMILES string of the molecule is CC(C)CCP(=O)(O)NCC(=O)N1CCC[C@H]1C(=O)N[C@@H](C)C(=O)O. The minimum absolute atomic E-state index is 0.0813. The molecule has 0 aromatic carbocycles. The number of nitrogens with zero attached hydrogens (tertiary/aromatic N) is 1. The summed E-state index contributed by atoms with van der Waals surface area (Å²) in [5.41, 5.74) is 0. The van der Waals surface area contributed by atoms with Crippen molar-refractivity contribution >= 4 is 25.3 Å². The number of aliphatic carboxylic acids is 1. The monoisotopic (exact) mass is 377 g/mol. The molecular formula is C15H28N3O6P. The fourth-order valence-corrected chi connectivity index (χ4v) is 3.92. The van der Waals surface area contributed by atoms with E-state index in [1.807, 2.05) is 13.8 Å². The van der Waals surface area contributed by atoms with Crippen LogP contribution in [0.25, 0.3) is 0 Å². The standard InChI is InChI=1S/C15H28N3O6P/c1-10(2)6-8-25(23,24)16-9-13(19)18-7-4-5-12(18)14(20)17-11(3)15(21)22/h10-12H,4-9H2,1-3H3,(H,17,20)(H,21,22)(H2,16,23,24)/t11-,12-/m0/s1. The van der Waals surface area contributed by atoms with Crippen molar-refractivity contribution in [2.24, 2.45) is 5.92 Å². The Hall–Kier alpha value is -1.44. The van der Waals surface area contributed by atoms with Crippen molar-refractivity contribution in [2.75, 3.05) is 19.3 Å². The van der Waals surface area contributed by atoms with Gasteiger partial charge in [-0.3, -0.25) is 18.9 Å². The summed E-state index contributed by atoms with van der Waals surface area (Å²) in [4.78, 5) is 46.5. The van der Waals surface area contributed by atoms with Crippen LogP contribution >= 0.6 is 7.52 Å². The Morgan fingerprint density at radius 1 is 1.28 bits per heavy atom. The highest BCUT2D eigenvalue weighted by atomic mass is 31.2. The first-order valence-corrected chi connectivity index (χ1v) is 10.3. The fraction of sp³-hybridized carbons (Fsp3) is 0.800. The van der Waals surface area contributed by atoms with E-state index in [4.69, 9.17) is 5.11 Å². The number of amides is 2. The Morgan fingerprint density at radius 3 is 2.48 bits per heavy atom. The van der Waals surface area contributed by atoms with Crippen LogP contribution in [-0.4, -0.2) is 64.0 Å². The number of hydrogen-bond donors (Lipinski definition) is 4. The quantitative estimate of drug-likeness (QED) is 0.427. The summed E-state index contributed by atoms with van der Waals surface area (Å²) in [6.07, 6.45) is 1.71. The molecule has 1 saturated heterocycles. The second-order valence-corrected chi connectivity index (χ2v) is 8.92. The average molecular weight is 377 g/mol. The van der Waals surface area contributed by atoms with Crippen molar-refractivity contribution in [2.45, 2.75) is 52.1 Å². The van der Waals surface area contributed by atoms with Gasteiger partial charge in [0.25, 0.3) is 7.52 Å². The van der Waals surface area contributed by atoms with Gasteiger partial charge in [0, 0.05) is 12.7 Å². The summed E-state index contributed by atoms with van der Waals surface area (Å²) in [6.45, 7) is 5.26. The van der Waals surface area contributed by atoms with Gasteiger partial charge >= 0.3 is 5.97 Å². The van der Waals surface area contributed by atoms with E-state index in [-0.39, 0.29) is 18.6 Å². The fourth-order valence-electron chi connectivity index (χ4n) is 2.51. The Morgan fingerprint density at radius 2 is 1.92 bits per heavy atom. The van der Waals surface area contributed by atoms with E-state index in [1.165, 1.54) is 11.8 Å². The first kappa shape index (κ1) is 21.6. The zero-order chi connectivity index (χ0) is 19.2. The largest absolute Gasteiger partial charge is 0.480 e. The smallest absolute Gasteiger partial charge is 0.325 e. The summed E-state index contributed by atoms with van der Waals surface area (Å²) in [7, 11) is -3.60. The Kier molecular flexibility index (Phi) is 8.05. The molecule has 1 heterocycles. The minimum atomic E-state index is -3.60. The van der Waals surface area contributed by atoms with E-state index in [9.17, 15) is 23.8 Å². The molecule has 2 amide bonds. The van der Waals surface area contributed by atoms with E-state index in [0.29, 0.717) is 25.8 Å². The van der Waals surface area contributed by atoms with Crippen molar-refractivity contribution < 1.29 is 28.9 Å². The third-order valence-corrected chi connectivity index (χ3v) is 5.61. The summed E-state index contributed by atoms with van der Waals surface area (Å²) in [6, 6.07) is -1.79. The molecule has 1 rings (SSSR count). The lowest BCUT2D eigenvalue weighted by atomic mass is 10.2. The first-order valence-electron chi connectivity index (χ1n) is 8.43. The second-order valence-electron chi connectivity index (χ2n) is 6.76. The maximum absolute atomic E-state index is 12.3. The Bertz CT molecular complexity index is 553. The van der Waals surface area contributed by atoms with Crippen LogP contribution in [0.2, 0.25) is 0 Å². The normalized spacial score (nSPS) is 21.0. The summed E-state index contributed by atoms with van der Waals surface area (Å²) in [5.74, 6) is -1.84. The lowest BCUT2D eigenvalue weighted by Gasteiger charge is -2.25. The van der Waals surface area contributed by atoms with Gasteiger partial charge in [0.05, 0.1) is 6.54 Å². The van der Waals surface area contributed by atoms with Crippen LogP contribution in [0.5, 0.6) is 0 Å². The summed E-state index contributed by atoms with van der Waals surface area (Å²) in [5, 5.41) is 13.6. The molecule has 0 bridgehead atoms. The van der Waals surface area contributed by atoms with E-state index in [2.05, 4.69) is 10.4 Å². The second kappa shape index (κ2) is 9.31. The Balaban J connectivity index is 2.57. The van der Waals surface area contributed by atoms with Gasteiger partial charge in [-0.2, -0.15) is 0 Å². The zero-order valence-electron chi connectivity index (χ0n) is 14.9. The van der Waals surface area contributed by atoms with E-state index >= 15 is 0 Å². The highest BCUT2D eigenvalue weighted by Gasteiger charge is 2.35. The summed E-state index contributed by atoms with van der Waals surface area (Å²) < 4.78 is 12.0. The van der Waals surface area contributed by atoms with Gasteiger partial charge in [0.15, 0.2) is 0 Å². The van der Waals surface area contributed by atoms with Gasteiger partial charge < -0.3 is 20.2 Å². The van der Waals surface area contributed by atoms with Crippen molar-refractivity contribution in [1.29, 1.82) is 0 Å². The number of carboxylic acid groups (broad SMARTS) is 1. The molecule has 0 saturated carbocycles. The molecule has 0 aliphatic carbocycles. The first-order chi connectivity index (χ1) is 11.5. The van der Waals surface area contributed by atoms with Crippen LogP contribution in [0, 0.1) is 5.92 Å². The van der Waals surface area contributed by atoms with Gasteiger partial charge in [-0.25, -0.2) is 5.09 Å². The predicted octanol–water partition coefficient (Wildman–Crippen LogP) is 0.388. The molecule has 144 valence electrons. The third-order valence-electron chi connectivity index (χ3n) is 4.09. The van der Waals surface area contributed by atoms with Crippen molar-refractivity contribution in [1.82, 2.24) is 15.3 Å². The van der Waals surface area contributed by atoms with E-state index < -0.39 is 37.4 Å². The molecule has 1 aliphatic rings. The topological polar surface area (TPSA) is 136 Å². The highest BCUT2D eigenvalue weighted by Crippen LogP contribution is 2.36. The van der Waals surface area contributed by atoms with E-state index in [1.54, 1.807) is 0 Å². The number of rotatable bonds is 9. The van der Waals surface area contributed by atoms with Crippen LogP contribution in [0.4, 0.5) is 0 Å². The molecule has 0 radical (unpaired) electrons. The molecule has 1 aliphatic heterocycles. The zero-order valence-corrected chi connectivity index (χ0v) is 15.8. The average Bonchev–Trinajstić information content (AvgIpc) is 3.00. The van der Waals surface area contributed by atoms with Crippen LogP contribution in [-0.2, 0) is 18.9 Å². The van der Waals surface area contributed by atoms with Crippen LogP contribution < -0.4 is 10.4 Å². The lowest BCUT2D eigenvalue weighted by Crippen LogP contribution is -2.51. The number of carbonyl (C=O) groups excluding carboxylic acids is 2. The highest BCUT2D eigenvalue weighted by molar-refractivity contribution is 7.55. The van der Waals surface area contributed by atoms with Gasteiger partial charge in [-0.05, 0) is 32.1 Å². The molecule has 25 heavy (non-hydrogen) atoms. The molecule has 0 aromatic rings. The Labute approximate surface area is 147 Å². The minimum Gasteiger partial charge on any atom is -0.480 e. The van der Waals surface area contributed by atoms with Crippen LogP contribution in [0.15, 0.2) is 0 Å². The van der Waals surface area contributed by atoms with E-state index in [0.717, 1.165) is 0 Å². The van der Waals surface area contributed by atoms with Gasteiger partial charge in [0.1, 0.15) is 12.1 Å². The molecule has 3 atom stereocenters. The van der Waals surface area contributed by atoms with Crippen molar-refractivity contribution in [3.63, 3.8) is 0 Å². The van der Waals surface area contributed by atoms with Gasteiger partial charge in [0.2, 0.25) is 11.8 Å².